The fraction of sp³-hybridized carbons (Fsp3) is 0. The van der Waals surface area contributed by atoms with E-state index in [0.29, 0.717) is 11.1 Å². The molecule has 0 aliphatic carbocycles. The van der Waals surface area contributed by atoms with E-state index >= 15 is 0 Å². The lowest BCUT2D eigenvalue weighted by Crippen LogP contribution is -2.06. The van der Waals surface area contributed by atoms with Crippen LogP contribution in [0.25, 0.3) is 34.7 Å². The number of hydrogen-bond acceptors (Lipinski definition) is 10. The molecule has 0 saturated heterocycles. The van der Waals surface area contributed by atoms with Crippen molar-refractivity contribution in [1.29, 1.82) is 0 Å². The van der Waals surface area contributed by atoms with Gasteiger partial charge in [0.05, 0.1) is 28.7 Å². The number of hydrogen-bond donors (Lipinski definition) is 2. The second-order valence-electron chi connectivity index (χ2n) is 6.77. The van der Waals surface area contributed by atoms with Gasteiger partial charge in [0, 0.05) is 11.1 Å². The van der Waals surface area contributed by atoms with Crippen LogP contribution in [-0.2, 0) is 20.2 Å². The van der Waals surface area contributed by atoms with Gasteiger partial charge in [0.1, 0.15) is 4.90 Å². The highest BCUT2D eigenvalue weighted by Crippen LogP contribution is 2.38. The summed E-state index contributed by atoms with van der Waals surface area (Å²) in [5.74, 6) is 0. The van der Waals surface area contributed by atoms with E-state index < -0.39 is 25.1 Å². The van der Waals surface area contributed by atoms with Crippen LogP contribution < -0.4 is 0 Å². The third-order valence-corrected chi connectivity index (χ3v) is 6.39. The molecule has 0 saturated carbocycles. The van der Waals surface area contributed by atoms with Gasteiger partial charge >= 0.3 is 0 Å². The minimum atomic E-state index is -4.67. The van der Waals surface area contributed by atoms with Crippen LogP contribution in [0, 0.1) is 0 Å². The van der Waals surface area contributed by atoms with E-state index in [1.54, 1.807) is 12.2 Å². The van der Waals surface area contributed by atoms with Crippen LogP contribution in [0.5, 0.6) is 0 Å². The van der Waals surface area contributed by atoms with Crippen LogP contribution in [0.15, 0.2) is 70.7 Å². The first-order valence-electron chi connectivity index (χ1n) is 9.34. The van der Waals surface area contributed by atoms with E-state index in [4.69, 9.17) is 4.55 Å². The predicted molar refractivity (Wildman–Crippen MR) is 119 cm³/mol. The molecule has 12 nitrogen and oxygen atoms in total. The highest BCUT2D eigenvalue weighted by molar-refractivity contribution is 7.86. The lowest BCUT2D eigenvalue weighted by molar-refractivity contribution is 0.481. The van der Waals surface area contributed by atoms with Gasteiger partial charge in [-0.1, -0.05) is 30.4 Å². The molecule has 4 aromatic rings. The first kappa shape index (κ1) is 23.2. The van der Waals surface area contributed by atoms with Gasteiger partial charge in [-0.15, -0.1) is 20.4 Å². The summed E-state index contributed by atoms with van der Waals surface area (Å²) in [7, 11) is -9.00. The molecule has 0 aliphatic heterocycles. The largest absolute Gasteiger partial charge is 0.295 e. The number of nitrogens with zero attached hydrogens (tertiary/aromatic N) is 6. The van der Waals surface area contributed by atoms with Crippen molar-refractivity contribution in [3.8, 4) is 22.5 Å². The van der Waals surface area contributed by atoms with Crippen molar-refractivity contribution in [3.63, 3.8) is 0 Å². The minimum Gasteiger partial charge on any atom is -0.282 e. The molecular weight excluding hydrogens is 484 g/mol. The highest BCUT2D eigenvalue weighted by Gasteiger charge is 2.25. The Labute approximate surface area is 193 Å². The van der Waals surface area contributed by atoms with Crippen molar-refractivity contribution in [2.24, 2.45) is 0 Å². The van der Waals surface area contributed by atoms with E-state index in [1.165, 1.54) is 60.9 Å². The second kappa shape index (κ2) is 9.11. The first-order valence-corrected chi connectivity index (χ1v) is 12.2. The Hall–Kier alpha value is -3.98. The zero-order valence-corrected chi connectivity index (χ0v) is 18.6. The SMILES string of the molecule is O=S(=O)(O)c1ccc(C=Cc2ccc(S(=O)(=O)O)c(-c3ccnnn3)c2-c2ccnnn2)cc1. The number of rotatable bonds is 6. The van der Waals surface area contributed by atoms with Crippen molar-refractivity contribution in [1.82, 2.24) is 30.8 Å². The Kier molecular flexibility index (Phi) is 6.21. The third kappa shape index (κ3) is 4.99. The number of benzene rings is 2. The first-order chi connectivity index (χ1) is 16.1. The minimum absolute atomic E-state index is 0.0294. The average Bonchev–Trinajstić information content (AvgIpc) is 2.82. The molecule has 0 aliphatic rings. The molecule has 2 heterocycles. The molecule has 0 amide bonds. The molecule has 14 heteroatoms. The molecule has 0 radical (unpaired) electrons. The topological polar surface area (TPSA) is 186 Å². The van der Waals surface area contributed by atoms with Crippen molar-refractivity contribution >= 4 is 32.4 Å². The molecule has 4 rings (SSSR count). The molecule has 0 spiro atoms. The van der Waals surface area contributed by atoms with Gasteiger partial charge < -0.3 is 0 Å². The number of aromatic nitrogens is 6. The standard InChI is InChI=1S/C20H14N6O6S2/c27-33(28,29)15-6-2-13(3-7-15)1-4-14-5-8-18(34(30,31)32)20(17-10-12-22-26-24-17)19(14)16-9-11-21-25-23-16/h1-12H,(H,27,28,29)(H,30,31,32). The zero-order chi connectivity index (χ0) is 24.3. The van der Waals surface area contributed by atoms with E-state index in [9.17, 15) is 21.4 Å². The molecule has 0 bridgehead atoms. The molecule has 0 fully saturated rings. The van der Waals surface area contributed by atoms with Gasteiger partial charge in [0.25, 0.3) is 20.2 Å². The van der Waals surface area contributed by atoms with Crippen LogP contribution >= 0.6 is 0 Å². The smallest absolute Gasteiger partial charge is 0.282 e. The Balaban J connectivity index is 1.94. The third-order valence-electron chi connectivity index (χ3n) is 4.63. The van der Waals surface area contributed by atoms with Crippen molar-refractivity contribution in [2.75, 3.05) is 0 Å². The Morgan fingerprint density at radius 3 is 1.74 bits per heavy atom. The van der Waals surface area contributed by atoms with Crippen LogP contribution in [0.2, 0.25) is 0 Å². The van der Waals surface area contributed by atoms with Crippen LogP contribution in [0.1, 0.15) is 11.1 Å². The van der Waals surface area contributed by atoms with E-state index in [0.717, 1.165) is 0 Å². The van der Waals surface area contributed by atoms with E-state index in [1.807, 2.05) is 0 Å². The Morgan fingerprint density at radius 2 is 1.24 bits per heavy atom. The summed E-state index contributed by atoms with van der Waals surface area (Å²) in [4.78, 5) is -0.676. The Morgan fingerprint density at radius 1 is 0.647 bits per heavy atom. The predicted octanol–water partition coefficient (Wildman–Crippen LogP) is 2.05. The maximum atomic E-state index is 12.2. The van der Waals surface area contributed by atoms with Gasteiger partial charge in [-0.25, -0.2) is 0 Å². The van der Waals surface area contributed by atoms with E-state index in [2.05, 4.69) is 30.8 Å². The second-order valence-corrected chi connectivity index (χ2v) is 9.58. The summed E-state index contributed by atoms with van der Waals surface area (Å²) >= 11 is 0. The summed E-state index contributed by atoms with van der Waals surface area (Å²) in [6, 6.07) is 11.0. The van der Waals surface area contributed by atoms with Gasteiger partial charge in [-0.3, -0.25) is 9.11 Å². The highest BCUT2D eigenvalue weighted by atomic mass is 32.2. The molecule has 172 valence electrons. The monoisotopic (exact) mass is 498 g/mol. The quantitative estimate of drug-likeness (QED) is 0.291. The van der Waals surface area contributed by atoms with Gasteiger partial charge in [0.2, 0.25) is 0 Å². The maximum Gasteiger partial charge on any atom is 0.295 e. The summed E-state index contributed by atoms with van der Waals surface area (Å²) in [5, 5.41) is 22.3. The van der Waals surface area contributed by atoms with Gasteiger partial charge in [-0.05, 0) is 51.9 Å². The van der Waals surface area contributed by atoms with Crippen LogP contribution in [0.4, 0.5) is 0 Å². The Bertz CT molecular complexity index is 1580. The van der Waals surface area contributed by atoms with Crippen molar-refractivity contribution in [3.05, 3.63) is 72.1 Å². The lowest BCUT2D eigenvalue weighted by Gasteiger charge is -2.14. The zero-order valence-electron chi connectivity index (χ0n) is 17.0. The van der Waals surface area contributed by atoms with Crippen molar-refractivity contribution in [2.45, 2.75) is 9.79 Å². The molecule has 0 unspecified atom stereocenters. The molecule has 2 aromatic heterocycles. The van der Waals surface area contributed by atoms with Gasteiger partial charge in [-0.2, -0.15) is 16.8 Å². The summed E-state index contributed by atoms with van der Waals surface area (Å²) in [5.41, 5.74) is 1.72. The fourth-order valence-electron chi connectivity index (χ4n) is 3.17. The molecule has 2 N–H and O–H groups in total. The van der Waals surface area contributed by atoms with E-state index in [-0.39, 0.29) is 27.4 Å². The van der Waals surface area contributed by atoms with Crippen molar-refractivity contribution < 1.29 is 25.9 Å². The molecule has 0 atom stereocenters. The summed E-state index contributed by atoms with van der Waals surface area (Å²) in [6.07, 6.45) is 5.95. The molecular formula is C20H14N6O6S2. The molecule has 34 heavy (non-hydrogen) atoms. The summed E-state index contributed by atoms with van der Waals surface area (Å²) < 4.78 is 65.8. The van der Waals surface area contributed by atoms with Crippen LogP contribution in [0.3, 0.4) is 0 Å². The van der Waals surface area contributed by atoms with Crippen LogP contribution in [-0.4, -0.2) is 56.8 Å². The average molecular weight is 499 g/mol. The fourth-order valence-corrected chi connectivity index (χ4v) is 4.35. The van der Waals surface area contributed by atoms with Gasteiger partial charge in [0.15, 0.2) is 0 Å². The summed E-state index contributed by atoms with van der Waals surface area (Å²) in [6.45, 7) is 0. The molecule has 2 aromatic carbocycles. The lowest BCUT2D eigenvalue weighted by atomic mass is 9.95. The normalized spacial score (nSPS) is 12.2. The maximum absolute atomic E-state index is 12.2.